The molecule has 0 amide bonds. The Hall–Kier alpha value is -1.24. The molecule has 0 unspecified atom stereocenters. The molecule has 0 aliphatic heterocycles. The summed E-state index contributed by atoms with van der Waals surface area (Å²) in [4.78, 5) is 7.66. The van der Waals surface area contributed by atoms with Crippen LogP contribution in [0.15, 0.2) is 6.20 Å². The summed E-state index contributed by atoms with van der Waals surface area (Å²) >= 11 is 5.75. The molecule has 8 heteroatoms. The topological polar surface area (TPSA) is 49.8 Å². The molecule has 2 N–H and O–H groups in total. The Labute approximate surface area is 101 Å². The van der Waals surface area contributed by atoms with E-state index in [1.165, 1.54) is 6.20 Å². The van der Waals surface area contributed by atoms with E-state index in [1.807, 2.05) is 0 Å². The fourth-order valence-electron chi connectivity index (χ4n) is 1.41. The molecule has 0 radical (unpaired) electrons. The van der Waals surface area contributed by atoms with Crippen LogP contribution in [0.5, 0.6) is 0 Å². The maximum absolute atomic E-state index is 12.7. The normalized spacial score (nSPS) is 17.7. The second-order valence-corrected chi connectivity index (χ2v) is 4.25. The first kappa shape index (κ1) is 12.2. The number of rotatable bonds is 3. The van der Waals surface area contributed by atoms with E-state index < -0.39 is 11.7 Å². The number of aromatic nitrogens is 2. The van der Waals surface area contributed by atoms with E-state index in [2.05, 4.69) is 20.6 Å². The molecular weight excluding hydrogens is 257 g/mol. The van der Waals surface area contributed by atoms with Gasteiger partial charge in [-0.15, -0.1) is 0 Å². The lowest BCUT2D eigenvalue weighted by Crippen LogP contribution is -2.39. The molecule has 1 aliphatic rings. The minimum absolute atomic E-state index is 0.000779. The van der Waals surface area contributed by atoms with E-state index in [4.69, 9.17) is 11.6 Å². The molecule has 0 saturated heterocycles. The van der Waals surface area contributed by atoms with Crippen molar-refractivity contribution >= 4 is 23.4 Å². The predicted molar refractivity (Wildman–Crippen MR) is 58.2 cm³/mol. The standard InChI is InChI=1S/C9H10ClF3N4/c1-14-7-15-4-5(10)6(16-7)17-8(2-3-8)9(11,12)13/h4H,2-3H2,1H3,(H2,14,15,16,17). The predicted octanol–water partition coefficient (Wildman–Crippen LogP) is 2.68. The van der Waals surface area contributed by atoms with E-state index in [-0.39, 0.29) is 29.6 Å². The van der Waals surface area contributed by atoms with Gasteiger partial charge in [-0.05, 0) is 12.8 Å². The van der Waals surface area contributed by atoms with Crippen molar-refractivity contribution in [1.82, 2.24) is 9.97 Å². The number of hydrogen-bond donors (Lipinski definition) is 2. The van der Waals surface area contributed by atoms with Crippen LogP contribution < -0.4 is 10.6 Å². The SMILES string of the molecule is CNc1ncc(Cl)c(NC2(C(F)(F)F)CC2)n1. The van der Waals surface area contributed by atoms with Gasteiger partial charge in [0.15, 0.2) is 5.82 Å². The number of alkyl halides is 3. The molecule has 1 heterocycles. The van der Waals surface area contributed by atoms with Crippen LogP contribution in [0.25, 0.3) is 0 Å². The minimum atomic E-state index is -4.30. The molecule has 1 aromatic rings. The van der Waals surface area contributed by atoms with Crippen LogP contribution in [0.4, 0.5) is 24.9 Å². The Balaban J connectivity index is 2.25. The monoisotopic (exact) mass is 266 g/mol. The molecule has 1 aromatic heterocycles. The molecule has 4 nitrogen and oxygen atoms in total. The Kier molecular flexibility index (Phi) is 2.81. The first-order valence-electron chi connectivity index (χ1n) is 4.93. The van der Waals surface area contributed by atoms with Crippen molar-refractivity contribution in [2.45, 2.75) is 24.6 Å². The first-order chi connectivity index (χ1) is 7.88. The highest BCUT2D eigenvalue weighted by molar-refractivity contribution is 6.32. The zero-order chi connectivity index (χ0) is 12.7. The first-order valence-corrected chi connectivity index (χ1v) is 5.31. The van der Waals surface area contributed by atoms with Crippen molar-refractivity contribution in [3.8, 4) is 0 Å². The smallest absolute Gasteiger partial charge is 0.357 e. The van der Waals surface area contributed by atoms with E-state index in [9.17, 15) is 13.2 Å². The Morgan fingerprint density at radius 1 is 1.41 bits per heavy atom. The number of halogens is 4. The second-order valence-electron chi connectivity index (χ2n) is 3.85. The third-order valence-corrected chi connectivity index (χ3v) is 2.89. The van der Waals surface area contributed by atoms with Gasteiger partial charge in [-0.2, -0.15) is 18.2 Å². The Morgan fingerprint density at radius 2 is 2.06 bits per heavy atom. The van der Waals surface area contributed by atoms with Gasteiger partial charge in [-0.3, -0.25) is 0 Å². The van der Waals surface area contributed by atoms with Gasteiger partial charge in [0.25, 0.3) is 0 Å². The summed E-state index contributed by atoms with van der Waals surface area (Å²) in [5, 5.41) is 5.07. The minimum Gasteiger partial charge on any atom is -0.357 e. The van der Waals surface area contributed by atoms with Crippen molar-refractivity contribution in [3.63, 3.8) is 0 Å². The van der Waals surface area contributed by atoms with Crippen LogP contribution in [0.2, 0.25) is 5.02 Å². The molecule has 17 heavy (non-hydrogen) atoms. The lowest BCUT2D eigenvalue weighted by molar-refractivity contribution is -0.151. The highest BCUT2D eigenvalue weighted by atomic mass is 35.5. The molecular formula is C9H10ClF3N4. The Bertz CT molecular complexity index is 431. The number of hydrogen-bond acceptors (Lipinski definition) is 4. The fraction of sp³-hybridized carbons (Fsp3) is 0.556. The van der Waals surface area contributed by atoms with E-state index in [0.717, 1.165) is 0 Å². The van der Waals surface area contributed by atoms with Gasteiger partial charge in [0.1, 0.15) is 10.6 Å². The average Bonchev–Trinajstić information content (AvgIpc) is 3.01. The molecule has 2 rings (SSSR count). The lowest BCUT2D eigenvalue weighted by Gasteiger charge is -2.21. The summed E-state index contributed by atoms with van der Waals surface area (Å²) in [6, 6.07) is 0. The third kappa shape index (κ3) is 2.24. The zero-order valence-corrected chi connectivity index (χ0v) is 9.65. The van der Waals surface area contributed by atoms with E-state index in [1.54, 1.807) is 7.05 Å². The van der Waals surface area contributed by atoms with Gasteiger partial charge in [0.2, 0.25) is 5.95 Å². The summed E-state index contributed by atoms with van der Waals surface area (Å²) in [5.41, 5.74) is -1.88. The van der Waals surface area contributed by atoms with E-state index >= 15 is 0 Å². The summed E-state index contributed by atoms with van der Waals surface area (Å²) in [7, 11) is 1.57. The highest BCUT2D eigenvalue weighted by Gasteiger charge is 2.63. The van der Waals surface area contributed by atoms with Crippen molar-refractivity contribution in [3.05, 3.63) is 11.2 Å². The molecule has 1 aliphatic carbocycles. The van der Waals surface area contributed by atoms with Gasteiger partial charge < -0.3 is 10.6 Å². The maximum Gasteiger partial charge on any atom is 0.411 e. The molecule has 0 spiro atoms. The van der Waals surface area contributed by atoms with Gasteiger partial charge in [0, 0.05) is 7.05 Å². The van der Waals surface area contributed by atoms with Crippen molar-refractivity contribution < 1.29 is 13.2 Å². The van der Waals surface area contributed by atoms with Crippen LogP contribution in [0.3, 0.4) is 0 Å². The largest absolute Gasteiger partial charge is 0.411 e. The molecule has 0 atom stereocenters. The van der Waals surface area contributed by atoms with Crippen LogP contribution in [0.1, 0.15) is 12.8 Å². The summed E-state index contributed by atoms with van der Waals surface area (Å²) in [6.07, 6.45) is -2.98. The van der Waals surface area contributed by atoms with Crippen LogP contribution in [0, 0.1) is 0 Å². The number of anilines is 2. The molecule has 1 saturated carbocycles. The summed E-state index contributed by atoms with van der Waals surface area (Å²) in [6.45, 7) is 0. The van der Waals surface area contributed by atoms with Gasteiger partial charge >= 0.3 is 6.18 Å². The van der Waals surface area contributed by atoms with Gasteiger partial charge in [0.05, 0.1) is 6.20 Å². The van der Waals surface area contributed by atoms with Crippen molar-refractivity contribution in [1.29, 1.82) is 0 Å². The van der Waals surface area contributed by atoms with Crippen molar-refractivity contribution in [2.24, 2.45) is 0 Å². The molecule has 0 bridgehead atoms. The third-order valence-electron chi connectivity index (χ3n) is 2.62. The van der Waals surface area contributed by atoms with Crippen molar-refractivity contribution in [2.75, 3.05) is 17.7 Å². The van der Waals surface area contributed by atoms with Crippen LogP contribution in [-0.4, -0.2) is 28.7 Å². The second kappa shape index (κ2) is 3.90. The van der Waals surface area contributed by atoms with Gasteiger partial charge in [-0.1, -0.05) is 11.6 Å². The highest BCUT2D eigenvalue weighted by Crippen LogP contribution is 2.51. The van der Waals surface area contributed by atoms with Crippen LogP contribution >= 0.6 is 11.6 Å². The van der Waals surface area contributed by atoms with E-state index in [0.29, 0.717) is 0 Å². The van der Waals surface area contributed by atoms with Crippen LogP contribution in [-0.2, 0) is 0 Å². The number of nitrogens with zero attached hydrogens (tertiary/aromatic N) is 2. The molecule has 0 aromatic carbocycles. The average molecular weight is 267 g/mol. The summed E-state index contributed by atoms with van der Waals surface area (Å²) < 4.78 is 38.2. The zero-order valence-electron chi connectivity index (χ0n) is 8.90. The fourth-order valence-corrected chi connectivity index (χ4v) is 1.54. The quantitative estimate of drug-likeness (QED) is 0.883. The summed E-state index contributed by atoms with van der Waals surface area (Å²) in [5.74, 6) is 0.218. The maximum atomic E-state index is 12.7. The van der Waals surface area contributed by atoms with Gasteiger partial charge in [-0.25, -0.2) is 4.98 Å². The lowest BCUT2D eigenvalue weighted by atomic mass is 10.2. The molecule has 1 fully saturated rings. The molecule has 94 valence electrons. The number of nitrogens with one attached hydrogen (secondary N) is 2. The Morgan fingerprint density at radius 3 is 2.53 bits per heavy atom.